The Morgan fingerprint density at radius 1 is 1.67 bits per heavy atom. The number of aryl methyl sites for hydroxylation is 1. The molecule has 0 aliphatic rings. The molecule has 0 aromatic carbocycles. The lowest BCUT2D eigenvalue weighted by Gasteiger charge is -1.96. The van der Waals surface area contributed by atoms with Crippen LogP contribution in [0.2, 0.25) is 0 Å². The van der Waals surface area contributed by atoms with Crippen LogP contribution in [0.15, 0.2) is 6.20 Å². The zero-order valence-electron chi connectivity index (χ0n) is 7.03. The Labute approximate surface area is 81.5 Å². The second kappa shape index (κ2) is 5.43. The second-order valence-electron chi connectivity index (χ2n) is 2.45. The van der Waals surface area contributed by atoms with E-state index in [0.29, 0.717) is 5.88 Å². The highest BCUT2D eigenvalue weighted by Crippen LogP contribution is 2.00. The van der Waals surface area contributed by atoms with Crippen molar-refractivity contribution in [2.75, 3.05) is 12.0 Å². The summed E-state index contributed by atoms with van der Waals surface area (Å²) < 4.78 is 1.84. The van der Waals surface area contributed by atoms with E-state index in [9.17, 15) is 0 Å². The van der Waals surface area contributed by atoms with E-state index in [4.69, 9.17) is 11.6 Å². The molecule has 0 N–H and O–H groups in total. The van der Waals surface area contributed by atoms with E-state index in [2.05, 4.69) is 16.6 Å². The molecule has 0 saturated heterocycles. The van der Waals surface area contributed by atoms with E-state index in [1.807, 2.05) is 22.6 Å². The Bertz CT molecular complexity index is 226. The van der Waals surface area contributed by atoms with Gasteiger partial charge in [0.2, 0.25) is 0 Å². The van der Waals surface area contributed by atoms with Gasteiger partial charge in [-0.2, -0.15) is 11.8 Å². The summed E-state index contributed by atoms with van der Waals surface area (Å²) in [6.45, 7) is 0.935. The van der Waals surface area contributed by atoms with Crippen molar-refractivity contribution in [3.63, 3.8) is 0 Å². The molecule has 5 heteroatoms. The molecule has 0 amide bonds. The number of rotatable bonds is 5. The summed E-state index contributed by atoms with van der Waals surface area (Å²) in [5.41, 5.74) is 0.848. The molecule has 1 heterocycles. The van der Waals surface area contributed by atoms with Gasteiger partial charge in [0.15, 0.2) is 0 Å². The Kier molecular flexibility index (Phi) is 4.46. The van der Waals surface area contributed by atoms with Gasteiger partial charge in [-0.1, -0.05) is 5.21 Å². The monoisotopic (exact) mass is 205 g/mol. The van der Waals surface area contributed by atoms with Crippen molar-refractivity contribution in [3.05, 3.63) is 11.9 Å². The zero-order valence-corrected chi connectivity index (χ0v) is 8.61. The van der Waals surface area contributed by atoms with Crippen LogP contribution in [0.4, 0.5) is 0 Å². The first kappa shape index (κ1) is 9.86. The van der Waals surface area contributed by atoms with Gasteiger partial charge in [-0.25, -0.2) is 0 Å². The molecular formula is C7H12ClN3S. The van der Waals surface area contributed by atoms with E-state index in [-0.39, 0.29) is 0 Å². The van der Waals surface area contributed by atoms with Gasteiger partial charge in [0.1, 0.15) is 0 Å². The van der Waals surface area contributed by atoms with Crippen LogP contribution in [-0.2, 0) is 12.4 Å². The topological polar surface area (TPSA) is 30.7 Å². The Morgan fingerprint density at radius 3 is 3.08 bits per heavy atom. The third-order valence-electron chi connectivity index (χ3n) is 1.46. The highest BCUT2D eigenvalue weighted by molar-refractivity contribution is 7.98. The molecule has 1 aromatic heterocycles. The van der Waals surface area contributed by atoms with Gasteiger partial charge in [-0.05, 0) is 18.4 Å². The molecule has 0 aliphatic carbocycles. The van der Waals surface area contributed by atoms with E-state index >= 15 is 0 Å². The van der Waals surface area contributed by atoms with Crippen LogP contribution in [0.3, 0.4) is 0 Å². The van der Waals surface area contributed by atoms with Gasteiger partial charge in [0.05, 0.1) is 11.6 Å². The van der Waals surface area contributed by atoms with Gasteiger partial charge < -0.3 is 0 Å². The van der Waals surface area contributed by atoms with E-state index < -0.39 is 0 Å². The average molecular weight is 206 g/mol. The summed E-state index contributed by atoms with van der Waals surface area (Å²) in [5, 5.41) is 7.82. The predicted octanol–water partition coefficient (Wildman–Crippen LogP) is 1.77. The van der Waals surface area contributed by atoms with Crippen molar-refractivity contribution in [3.8, 4) is 0 Å². The van der Waals surface area contributed by atoms with Gasteiger partial charge in [-0.15, -0.1) is 16.7 Å². The minimum atomic E-state index is 0.447. The standard InChI is InChI=1S/C7H12ClN3S/c1-12-4-2-3-11-6-7(5-8)9-10-11/h6H,2-5H2,1H3. The number of hydrogen-bond donors (Lipinski definition) is 0. The van der Waals surface area contributed by atoms with Crippen LogP contribution in [0, 0.1) is 0 Å². The second-order valence-corrected chi connectivity index (χ2v) is 3.71. The van der Waals surface area contributed by atoms with Crippen LogP contribution in [-0.4, -0.2) is 27.0 Å². The predicted molar refractivity (Wildman–Crippen MR) is 52.6 cm³/mol. The van der Waals surface area contributed by atoms with Crippen molar-refractivity contribution in [1.29, 1.82) is 0 Å². The lowest BCUT2D eigenvalue weighted by atomic mass is 10.5. The highest BCUT2D eigenvalue weighted by atomic mass is 35.5. The fourth-order valence-electron chi connectivity index (χ4n) is 0.880. The largest absolute Gasteiger partial charge is 0.252 e. The summed E-state index contributed by atoms with van der Waals surface area (Å²) in [6.07, 6.45) is 5.13. The normalized spacial score (nSPS) is 10.5. The molecule has 0 radical (unpaired) electrons. The molecule has 1 aromatic rings. The maximum Gasteiger partial charge on any atom is 0.0974 e. The van der Waals surface area contributed by atoms with Crippen LogP contribution in [0.5, 0.6) is 0 Å². The number of thioether (sulfide) groups is 1. The minimum Gasteiger partial charge on any atom is -0.252 e. The molecule has 0 spiro atoms. The van der Waals surface area contributed by atoms with Gasteiger partial charge >= 0.3 is 0 Å². The van der Waals surface area contributed by atoms with Crippen molar-refractivity contribution in [2.45, 2.75) is 18.8 Å². The molecular weight excluding hydrogens is 194 g/mol. The summed E-state index contributed by atoms with van der Waals surface area (Å²) in [4.78, 5) is 0. The van der Waals surface area contributed by atoms with E-state index in [1.54, 1.807) is 0 Å². The summed E-state index contributed by atoms with van der Waals surface area (Å²) in [5.74, 6) is 1.61. The maximum absolute atomic E-state index is 5.58. The number of aromatic nitrogens is 3. The molecule has 1 rings (SSSR count). The lowest BCUT2D eigenvalue weighted by Crippen LogP contribution is -1.99. The third kappa shape index (κ3) is 3.03. The first-order valence-corrected chi connectivity index (χ1v) is 5.73. The van der Waals surface area contributed by atoms with E-state index in [1.165, 1.54) is 0 Å². The minimum absolute atomic E-state index is 0.447. The maximum atomic E-state index is 5.58. The average Bonchev–Trinajstić information content (AvgIpc) is 2.53. The molecule has 0 bridgehead atoms. The van der Waals surface area contributed by atoms with Crippen LogP contribution < -0.4 is 0 Å². The van der Waals surface area contributed by atoms with E-state index in [0.717, 1.165) is 24.4 Å². The quantitative estimate of drug-likeness (QED) is 0.542. The van der Waals surface area contributed by atoms with Crippen molar-refractivity contribution < 1.29 is 0 Å². The Balaban J connectivity index is 2.31. The van der Waals surface area contributed by atoms with Crippen molar-refractivity contribution in [2.24, 2.45) is 0 Å². The summed E-state index contributed by atoms with van der Waals surface area (Å²) in [7, 11) is 0. The lowest BCUT2D eigenvalue weighted by molar-refractivity contribution is 0.582. The third-order valence-corrected chi connectivity index (χ3v) is 2.43. The highest BCUT2D eigenvalue weighted by Gasteiger charge is 1.97. The molecule has 0 fully saturated rings. The van der Waals surface area contributed by atoms with Crippen molar-refractivity contribution >= 4 is 23.4 Å². The number of halogens is 1. The molecule has 0 aliphatic heterocycles. The van der Waals surface area contributed by atoms with Crippen LogP contribution in [0.25, 0.3) is 0 Å². The Hall–Kier alpha value is -0.220. The first-order chi connectivity index (χ1) is 5.86. The van der Waals surface area contributed by atoms with Crippen LogP contribution >= 0.6 is 23.4 Å². The fraction of sp³-hybridized carbons (Fsp3) is 0.714. The fourth-order valence-corrected chi connectivity index (χ4v) is 1.42. The zero-order chi connectivity index (χ0) is 8.81. The van der Waals surface area contributed by atoms with Gasteiger partial charge in [-0.3, -0.25) is 4.68 Å². The summed E-state index contributed by atoms with van der Waals surface area (Å²) >= 11 is 7.43. The molecule has 68 valence electrons. The molecule has 12 heavy (non-hydrogen) atoms. The molecule has 0 saturated carbocycles. The van der Waals surface area contributed by atoms with Gasteiger partial charge in [0, 0.05) is 12.7 Å². The molecule has 3 nitrogen and oxygen atoms in total. The molecule has 0 atom stereocenters. The van der Waals surface area contributed by atoms with Crippen LogP contribution in [0.1, 0.15) is 12.1 Å². The number of alkyl halides is 1. The van der Waals surface area contributed by atoms with Gasteiger partial charge in [0.25, 0.3) is 0 Å². The van der Waals surface area contributed by atoms with Crippen molar-refractivity contribution in [1.82, 2.24) is 15.0 Å². The smallest absolute Gasteiger partial charge is 0.0974 e. The SMILES string of the molecule is CSCCCn1cc(CCl)nn1. The number of hydrogen-bond acceptors (Lipinski definition) is 3. The summed E-state index contributed by atoms with van der Waals surface area (Å²) in [6, 6.07) is 0. The molecule has 0 unspecified atom stereocenters. The Morgan fingerprint density at radius 2 is 2.50 bits per heavy atom. The first-order valence-electron chi connectivity index (χ1n) is 3.80. The number of nitrogens with zero attached hydrogens (tertiary/aromatic N) is 3.